The Morgan fingerprint density at radius 3 is 2.71 bits per heavy atom. The van der Waals surface area contributed by atoms with E-state index in [1.54, 1.807) is 6.07 Å². The van der Waals surface area contributed by atoms with Gasteiger partial charge in [0, 0.05) is 12.6 Å². The van der Waals surface area contributed by atoms with Crippen LogP contribution in [0.2, 0.25) is 0 Å². The molecule has 96 valence electrons. The molecule has 0 saturated carbocycles. The molecule has 1 aromatic rings. The molecule has 0 radical (unpaired) electrons. The first-order chi connectivity index (χ1) is 7.75. The highest BCUT2D eigenvalue weighted by Crippen LogP contribution is 2.16. The molecule has 0 bridgehead atoms. The Balaban J connectivity index is 0.00000144. The summed E-state index contributed by atoms with van der Waals surface area (Å²) in [7, 11) is 2.17. The molecule has 1 aliphatic heterocycles. The number of phenolic OH excluding ortho intramolecular Hbond substituents is 1. The highest BCUT2D eigenvalue weighted by Gasteiger charge is 2.17. The minimum absolute atomic E-state index is 0. The van der Waals surface area contributed by atoms with Crippen LogP contribution in [0.1, 0.15) is 18.4 Å². The second-order valence-electron chi connectivity index (χ2n) is 4.57. The smallest absolute Gasteiger partial charge is 0.115 e. The number of aromatic hydroxyl groups is 1. The van der Waals surface area contributed by atoms with E-state index in [0.717, 1.165) is 19.6 Å². The lowest BCUT2D eigenvalue weighted by Crippen LogP contribution is -2.40. The second kappa shape index (κ2) is 6.84. The van der Waals surface area contributed by atoms with Crippen molar-refractivity contribution in [2.45, 2.75) is 25.4 Å². The molecule has 0 aromatic heterocycles. The van der Waals surface area contributed by atoms with Crippen molar-refractivity contribution in [1.82, 2.24) is 10.2 Å². The van der Waals surface area contributed by atoms with Crippen LogP contribution in [0.3, 0.4) is 0 Å². The SMILES string of the molecule is CN(Cc1cccc(O)c1)C1CCNCC1.Cl. The molecule has 0 atom stereocenters. The van der Waals surface area contributed by atoms with Crippen LogP contribution >= 0.6 is 12.4 Å². The van der Waals surface area contributed by atoms with Gasteiger partial charge in [0.2, 0.25) is 0 Å². The highest BCUT2D eigenvalue weighted by atomic mass is 35.5. The van der Waals surface area contributed by atoms with Crippen LogP contribution in [0.25, 0.3) is 0 Å². The fraction of sp³-hybridized carbons (Fsp3) is 0.538. The molecule has 1 heterocycles. The summed E-state index contributed by atoms with van der Waals surface area (Å²) in [6, 6.07) is 8.20. The van der Waals surface area contributed by atoms with Crippen molar-refractivity contribution in [1.29, 1.82) is 0 Å². The average Bonchev–Trinajstić information content (AvgIpc) is 2.30. The lowest BCUT2D eigenvalue weighted by atomic mass is 10.0. The van der Waals surface area contributed by atoms with Crippen LogP contribution in [0.15, 0.2) is 24.3 Å². The number of hydrogen-bond donors (Lipinski definition) is 2. The lowest BCUT2D eigenvalue weighted by molar-refractivity contribution is 0.191. The molecule has 1 aromatic carbocycles. The quantitative estimate of drug-likeness (QED) is 0.868. The summed E-state index contributed by atoms with van der Waals surface area (Å²) in [4.78, 5) is 2.38. The normalized spacial score (nSPS) is 16.8. The second-order valence-corrected chi connectivity index (χ2v) is 4.57. The molecule has 4 heteroatoms. The van der Waals surface area contributed by atoms with Crippen molar-refractivity contribution in [3.8, 4) is 5.75 Å². The molecular formula is C13H21ClN2O. The summed E-state index contributed by atoms with van der Waals surface area (Å²) in [5, 5.41) is 12.8. The Kier molecular flexibility index (Phi) is 5.75. The van der Waals surface area contributed by atoms with Crippen LogP contribution in [-0.2, 0) is 6.54 Å². The number of piperidine rings is 1. The fourth-order valence-electron chi connectivity index (χ4n) is 2.32. The van der Waals surface area contributed by atoms with E-state index in [1.165, 1.54) is 18.4 Å². The monoisotopic (exact) mass is 256 g/mol. The Bertz CT molecular complexity index is 340. The maximum absolute atomic E-state index is 9.41. The van der Waals surface area contributed by atoms with Crippen LogP contribution in [0, 0.1) is 0 Å². The molecular weight excluding hydrogens is 236 g/mol. The van der Waals surface area contributed by atoms with Gasteiger partial charge in [-0.25, -0.2) is 0 Å². The van der Waals surface area contributed by atoms with Gasteiger partial charge in [-0.05, 0) is 50.7 Å². The van der Waals surface area contributed by atoms with Crippen molar-refractivity contribution in [2.75, 3.05) is 20.1 Å². The number of phenols is 1. The largest absolute Gasteiger partial charge is 0.508 e. The van der Waals surface area contributed by atoms with Crippen molar-refractivity contribution in [3.63, 3.8) is 0 Å². The molecule has 17 heavy (non-hydrogen) atoms. The molecule has 2 rings (SSSR count). The summed E-state index contributed by atoms with van der Waals surface area (Å²) >= 11 is 0. The van der Waals surface area contributed by atoms with Crippen LogP contribution in [0.5, 0.6) is 5.75 Å². The molecule has 0 amide bonds. The van der Waals surface area contributed by atoms with Crippen molar-refractivity contribution in [3.05, 3.63) is 29.8 Å². The zero-order valence-electron chi connectivity index (χ0n) is 10.2. The average molecular weight is 257 g/mol. The van der Waals surface area contributed by atoms with E-state index in [4.69, 9.17) is 0 Å². The van der Waals surface area contributed by atoms with Gasteiger partial charge in [-0.15, -0.1) is 12.4 Å². The van der Waals surface area contributed by atoms with E-state index in [-0.39, 0.29) is 12.4 Å². The van der Waals surface area contributed by atoms with Gasteiger partial charge in [-0.3, -0.25) is 4.90 Å². The van der Waals surface area contributed by atoms with Crippen LogP contribution < -0.4 is 5.32 Å². The highest BCUT2D eigenvalue weighted by molar-refractivity contribution is 5.85. The summed E-state index contributed by atoms with van der Waals surface area (Å²) in [5.74, 6) is 0.358. The molecule has 2 N–H and O–H groups in total. The van der Waals surface area contributed by atoms with E-state index in [9.17, 15) is 5.11 Å². The summed E-state index contributed by atoms with van der Waals surface area (Å²) in [6.45, 7) is 3.16. The number of halogens is 1. The number of nitrogens with one attached hydrogen (secondary N) is 1. The van der Waals surface area contributed by atoms with Crippen LogP contribution in [-0.4, -0.2) is 36.2 Å². The van der Waals surface area contributed by atoms with Gasteiger partial charge < -0.3 is 10.4 Å². The van der Waals surface area contributed by atoms with Crippen molar-refractivity contribution in [2.24, 2.45) is 0 Å². The van der Waals surface area contributed by atoms with E-state index in [0.29, 0.717) is 11.8 Å². The van der Waals surface area contributed by atoms with Gasteiger partial charge >= 0.3 is 0 Å². The van der Waals surface area contributed by atoms with Crippen molar-refractivity contribution >= 4 is 12.4 Å². The Morgan fingerprint density at radius 2 is 2.06 bits per heavy atom. The topological polar surface area (TPSA) is 35.5 Å². The third-order valence-corrected chi connectivity index (χ3v) is 3.27. The first-order valence-electron chi connectivity index (χ1n) is 5.94. The van der Waals surface area contributed by atoms with Gasteiger partial charge in [0.25, 0.3) is 0 Å². The molecule has 0 spiro atoms. The maximum Gasteiger partial charge on any atom is 0.115 e. The molecule has 0 unspecified atom stereocenters. The van der Waals surface area contributed by atoms with Gasteiger partial charge in [0.1, 0.15) is 5.75 Å². The summed E-state index contributed by atoms with van der Waals surface area (Å²) in [6.07, 6.45) is 2.44. The third-order valence-electron chi connectivity index (χ3n) is 3.27. The fourth-order valence-corrected chi connectivity index (χ4v) is 2.32. The standard InChI is InChI=1S/C13H20N2O.ClH/c1-15(12-5-7-14-8-6-12)10-11-3-2-4-13(16)9-11;/h2-4,9,12,14,16H,5-8,10H2,1H3;1H. The number of rotatable bonds is 3. The predicted octanol–water partition coefficient (Wildman–Crippen LogP) is 2.00. The molecule has 1 aliphatic rings. The summed E-state index contributed by atoms with van der Waals surface area (Å²) in [5.41, 5.74) is 1.18. The van der Waals surface area contributed by atoms with Gasteiger partial charge in [0.05, 0.1) is 0 Å². The van der Waals surface area contributed by atoms with Gasteiger partial charge in [-0.2, -0.15) is 0 Å². The molecule has 0 aliphatic carbocycles. The zero-order chi connectivity index (χ0) is 11.4. The number of hydrogen-bond acceptors (Lipinski definition) is 3. The summed E-state index contributed by atoms with van der Waals surface area (Å²) < 4.78 is 0. The first-order valence-corrected chi connectivity index (χ1v) is 5.94. The van der Waals surface area contributed by atoms with Crippen molar-refractivity contribution < 1.29 is 5.11 Å². The first kappa shape index (κ1) is 14.3. The lowest BCUT2D eigenvalue weighted by Gasteiger charge is -2.31. The third kappa shape index (κ3) is 4.19. The minimum atomic E-state index is 0. The van der Waals surface area contributed by atoms with Gasteiger partial charge in [-0.1, -0.05) is 12.1 Å². The molecule has 1 fully saturated rings. The number of benzene rings is 1. The van der Waals surface area contributed by atoms with E-state index in [2.05, 4.69) is 23.3 Å². The molecule has 1 saturated heterocycles. The maximum atomic E-state index is 9.41. The number of nitrogens with zero attached hydrogens (tertiary/aromatic N) is 1. The van der Waals surface area contributed by atoms with Gasteiger partial charge in [0.15, 0.2) is 0 Å². The molecule has 3 nitrogen and oxygen atoms in total. The Morgan fingerprint density at radius 1 is 1.35 bits per heavy atom. The van der Waals surface area contributed by atoms with E-state index >= 15 is 0 Å². The van der Waals surface area contributed by atoms with E-state index < -0.39 is 0 Å². The predicted molar refractivity (Wildman–Crippen MR) is 72.7 cm³/mol. The zero-order valence-corrected chi connectivity index (χ0v) is 11.0. The Hall–Kier alpha value is -0.770. The minimum Gasteiger partial charge on any atom is -0.508 e. The van der Waals surface area contributed by atoms with Crippen LogP contribution in [0.4, 0.5) is 0 Å². The Labute approximate surface area is 109 Å². The van der Waals surface area contributed by atoms with E-state index in [1.807, 2.05) is 12.1 Å².